The van der Waals surface area contributed by atoms with Crippen molar-refractivity contribution in [1.82, 2.24) is 14.8 Å². The number of pyridine rings is 1. The molecule has 0 saturated carbocycles. The van der Waals surface area contributed by atoms with Crippen LogP contribution in [-0.4, -0.2) is 47.5 Å². The van der Waals surface area contributed by atoms with E-state index in [4.69, 9.17) is 0 Å². The summed E-state index contributed by atoms with van der Waals surface area (Å²) in [6, 6.07) is 4.34. The molecule has 1 saturated heterocycles. The fraction of sp³-hybridized carbons (Fsp3) is 0.706. The van der Waals surface area contributed by atoms with Crippen LogP contribution in [-0.2, 0) is 13.0 Å². The van der Waals surface area contributed by atoms with Gasteiger partial charge in [0.25, 0.3) is 0 Å². The summed E-state index contributed by atoms with van der Waals surface area (Å²) in [7, 11) is 0. The molecular formula is C17H27N3. The molecule has 0 amide bonds. The Morgan fingerprint density at radius 2 is 1.65 bits per heavy atom. The number of hydrogen-bond acceptors (Lipinski definition) is 3. The molecule has 3 heterocycles. The van der Waals surface area contributed by atoms with Gasteiger partial charge in [0, 0.05) is 31.5 Å². The van der Waals surface area contributed by atoms with Crippen molar-refractivity contribution in [1.29, 1.82) is 0 Å². The van der Waals surface area contributed by atoms with Gasteiger partial charge >= 0.3 is 0 Å². The van der Waals surface area contributed by atoms with Crippen LogP contribution in [0.15, 0.2) is 18.3 Å². The summed E-state index contributed by atoms with van der Waals surface area (Å²) in [5, 5.41) is 0. The van der Waals surface area contributed by atoms with Crippen molar-refractivity contribution in [2.45, 2.75) is 45.1 Å². The Balaban J connectivity index is 1.53. The lowest BCUT2D eigenvalue weighted by molar-refractivity contribution is 0.203. The van der Waals surface area contributed by atoms with Crippen molar-refractivity contribution in [3.05, 3.63) is 29.6 Å². The van der Waals surface area contributed by atoms with Gasteiger partial charge in [0.05, 0.1) is 0 Å². The zero-order valence-corrected chi connectivity index (χ0v) is 12.6. The van der Waals surface area contributed by atoms with E-state index in [0.717, 1.165) is 13.0 Å². The molecule has 3 heteroatoms. The van der Waals surface area contributed by atoms with Crippen LogP contribution in [0, 0.1) is 0 Å². The maximum Gasteiger partial charge on any atom is 0.0449 e. The highest BCUT2D eigenvalue weighted by Crippen LogP contribution is 2.16. The molecule has 0 aromatic carbocycles. The highest BCUT2D eigenvalue weighted by molar-refractivity contribution is 5.20. The first kappa shape index (κ1) is 14.0. The molecule has 1 aromatic heterocycles. The molecule has 1 fully saturated rings. The standard InChI is InChI=1S/C17H27N3/c1-2-4-11-19(10-3-1)13-14-20-12-6-8-17-16(15-20)7-5-9-18-17/h5,7,9H,1-4,6,8,10-15H2. The molecule has 0 atom stereocenters. The molecule has 3 nitrogen and oxygen atoms in total. The van der Waals surface area contributed by atoms with Crippen molar-refractivity contribution < 1.29 is 0 Å². The average molecular weight is 273 g/mol. The largest absolute Gasteiger partial charge is 0.302 e. The van der Waals surface area contributed by atoms with Gasteiger partial charge in [-0.2, -0.15) is 0 Å². The van der Waals surface area contributed by atoms with Gasteiger partial charge in [-0.15, -0.1) is 0 Å². The van der Waals surface area contributed by atoms with E-state index in [1.807, 2.05) is 6.20 Å². The van der Waals surface area contributed by atoms with E-state index in [1.165, 1.54) is 76.1 Å². The Labute approximate surface area is 123 Å². The molecule has 0 radical (unpaired) electrons. The summed E-state index contributed by atoms with van der Waals surface area (Å²) >= 11 is 0. The monoisotopic (exact) mass is 273 g/mol. The number of aryl methyl sites for hydroxylation is 1. The lowest BCUT2D eigenvalue weighted by Crippen LogP contribution is -2.35. The predicted molar refractivity (Wildman–Crippen MR) is 82.7 cm³/mol. The first-order valence-corrected chi connectivity index (χ1v) is 8.29. The molecule has 20 heavy (non-hydrogen) atoms. The van der Waals surface area contributed by atoms with Crippen LogP contribution < -0.4 is 0 Å². The Bertz CT molecular complexity index is 410. The summed E-state index contributed by atoms with van der Waals surface area (Å²) in [6.07, 6.45) is 9.99. The number of nitrogens with zero attached hydrogens (tertiary/aromatic N) is 3. The highest BCUT2D eigenvalue weighted by Gasteiger charge is 2.16. The molecule has 1 aromatic rings. The third-order valence-corrected chi connectivity index (χ3v) is 4.70. The van der Waals surface area contributed by atoms with E-state index in [9.17, 15) is 0 Å². The lowest BCUT2D eigenvalue weighted by atomic mass is 10.1. The van der Waals surface area contributed by atoms with Crippen LogP contribution in [0.4, 0.5) is 0 Å². The molecule has 0 aliphatic carbocycles. The number of aromatic nitrogens is 1. The fourth-order valence-corrected chi connectivity index (χ4v) is 3.46. The van der Waals surface area contributed by atoms with E-state index < -0.39 is 0 Å². The topological polar surface area (TPSA) is 19.4 Å². The van der Waals surface area contributed by atoms with Crippen LogP contribution in [0.5, 0.6) is 0 Å². The second-order valence-corrected chi connectivity index (χ2v) is 6.24. The van der Waals surface area contributed by atoms with E-state index in [-0.39, 0.29) is 0 Å². The molecule has 0 unspecified atom stereocenters. The minimum atomic E-state index is 1.09. The van der Waals surface area contributed by atoms with Gasteiger partial charge in [0.1, 0.15) is 0 Å². The minimum Gasteiger partial charge on any atom is -0.302 e. The Hall–Kier alpha value is -0.930. The maximum atomic E-state index is 4.54. The highest BCUT2D eigenvalue weighted by atomic mass is 15.2. The van der Waals surface area contributed by atoms with Crippen molar-refractivity contribution in [2.24, 2.45) is 0 Å². The molecule has 2 aliphatic rings. The summed E-state index contributed by atoms with van der Waals surface area (Å²) in [5.74, 6) is 0. The van der Waals surface area contributed by atoms with Gasteiger partial charge in [0.15, 0.2) is 0 Å². The molecule has 2 aliphatic heterocycles. The van der Waals surface area contributed by atoms with Gasteiger partial charge in [0.2, 0.25) is 0 Å². The van der Waals surface area contributed by atoms with Gasteiger partial charge in [-0.25, -0.2) is 0 Å². The number of rotatable bonds is 3. The smallest absolute Gasteiger partial charge is 0.0449 e. The fourth-order valence-electron chi connectivity index (χ4n) is 3.46. The number of likely N-dealkylation sites (tertiary alicyclic amines) is 1. The average Bonchev–Trinajstić information content (AvgIpc) is 2.85. The second kappa shape index (κ2) is 7.19. The SMILES string of the molecule is c1cnc2c(c1)CN(CCN1CCCCCC1)CCC2. The van der Waals surface area contributed by atoms with Crippen LogP contribution in [0.25, 0.3) is 0 Å². The normalized spacial score (nSPS) is 22.0. The first-order valence-electron chi connectivity index (χ1n) is 8.29. The van der Waals surface area contributed by atoms with Crippen LogP contribution in [0.3, 0.4) is 0 Å². The maximum absolute atomic E-state index is 4.54. The van der Waals surface area contributed by atoms with Gasteiger partial charge < -0.3 is 4.90 Å². The number of fused-ring (bicyclic) bond motifs is 1. The third kappa shape index (κ3) is 3.80. The van der Waals surface area contributed by atoms with Crippen molar-refractivity contribution >= 4 is 0 Å². The molecule has 0 N–H and O–H groups in total. The molecule has 110 valence electrons. The summed E-state index contributed by atoms with van der Waals surface area (Å²) in [4.78, 5) is 9.83. The zero-order chi connectivity index (χ0) is 13.6. The molecular weight excluding hydrogens is 246 g/mol. The quantitative estimate of drug-likeness (QED) is 0.844. The van der Waals surface area contributed by atoms with Gasteiger partial charge in [-0.05, 0) is 56.9 Å². The van der Waals surface area contributed by atoms with Crippen LogP contribution in [0.1, 0.15) is 43.4 Å². The van der Waals surface area contributed by atoms with E-state index in [2.05, 4.69) is 26.9 Å². The van der Waals surface area contributed by atoms with Crippen molar-refractivity contribution in [3.63, 3.8) is 0 Å². The molecule has 0 spiro atoms. The Morgan fingerprint density at radius 1 is 0.900 bits per heavy atom. The molecule has 3 rings (SSSR count). The Morgan fingerprint density at radius 3 is 2.50 bits per heavy atom. The van der Waals surface area contributed by atoms with Crippen LogP contribution >= 0.6 is 0 Å². The zero-order valence-electron chi connectivity index (χ0n) is 12.6. The summed E-state index contributed by atoms with van der Waals surface area (Å²) in [6.45, 7) is 7.41. The van der Waals surface area contributed by atoms with E-state index >= 15 is 0 Å². The van der Waals surface area contributed by atoms with E-state index in [0.29, 0.717) is 0 Å². The number of hydrogen-bond donors (Lipinski definition) is 0. The van der Waals surface area contributed by atoms with E-state index in [1.54, 1.807) is 0 Å². The third-order valence-electron chi connectivity index (χ3n) is 4.70. The summed E-state index contributed by atoms with van der Waals surface area (Å²) < 4.78 is 0. The van der Waals surface area contributed by atoms with Crippen molar-refractivity contribution in [3.8, 4) is 0 Å². The molecule has 0 bridgehead atoms. The van der Waals surface area contributed by atoms with Gasteiger partial charge in [-0.1, -0.05) is 18.9 Å². The second-order valence-electron chi connectivity index (χ2n) is 6.24. The van der Waals surface area contributed by atoms with Crippen molar-refractivity contribution in [2.75, 3.05) is 32.7 Å². The first-order chi connectivity index (χ1) is 9.92. The Kier molecular flexibility index (Phi) is 5.04. The minimum absolute atomic E-state index is 1.09. The summed E-state index contributed by atoms with van der Waals surface area (Å²) in [5.41, 5.74) is 2.77. The van der Waals surface area contributed by atoms with Crippen LogP contribution in [0.2, 0.25) is 0 Å². The van der Waals surface area contributed by atoms with Gasteiger partial charge in [-0.3, -0.25) is 9.88 Å². The predicted octanol–water partition coefficient (Wildman–Crippen LogP) is 2.71. The lowest BCUT2D eigenvalue weighted by Gasteiger charge is -2.25.